The molecule has 0 saturated carbocycles. The summed E-state index contributed by atoms with van der Waals surface area (Å²) in [4.78, 5) is 26.8. The van der Waals surface area contributed by atoms with Gasteiger partial charge in [0.15, 0.2) is 0 Å². The quantitative estimate of drug-likeness (QED) is 0.698. The minimum absolute atomic E-state index is 0.0672. The Hall–Kier alpha value is -1.95. The lowest BCUT2D eigenvalue weighted by Crippen LogP contribution is -2.51. The number of amides is 2. The van der Waals surface area contributed by atoms with E-state index in [0.29, 0.717) is 18.7 Å². The van der Waals surface area contributed by atoms with E-state index in [9.17, 15) is 14.0 Å². The van der Waals surface area contributed by atoms with E-state index < -0.39 is 0 Å². The number of likely N-dealkylation sites (tertiary alicyclic amines) is 1. The maximum absolute atomic E-state index is 13.7. The molecule has 144 valence electrons. The number of hydrogen-bond donors (Lipinski definition) is 2. The fourth-order valence-corrected chi connectivity index (χ4v) is 3.24. The Balaban J connectivity index is 1.83. The van der Waals surface area contributed by atoms with E-state index in [1.807, 2.05) is 11.8 Å². The van der Waals surface area contributed by atoms with Crippen LogP contribution in [0.5, 0.6) is 0 Å². The molecule has 2 rings (SSSR count). The van der Waals surface area contributed by atoms with E-state index in [1.54, 1.807) is 18.2 Å². The van der Waals surface area contributed by atoms with E-state index in [1.165, 1.54) is 6.07 Å². The van der Waals surface area contributed by atoms with Crippen molar-refractivity contribution < 1.29 is 14.0 Å². The van der Waals surface area contributed by atoms with Crippen LogP contribution in [0, 0.1) is 11.7 Å². The van der Waals surface area contributed by atoms with Crippen molar-refractivity contribution in [1.29, 1.82) is 0 Å². The van der Waals surface area contributed by atoms with Gasteiger partial charge in [-0.1, -0.05) is 31.5 Å². The summed E-state index contributed by atoms with van der Waals surface area (Å²) in [6, 6.07) is 6.09. The van der Waals surface area contributed by atoms with Crippen LogP contribution >= 0.6 is 0 Å². The Morgan fingerprint density at radius 3 is 2.81 bits per heavy atom. The van der Waals surface area contributed by atoms with Crippen molar-refractivity contribution in [2.45, 2.75) is 52.1 Å². The molecule has 6 heteroatoms. The van der Waals surface area contributed by atoms with Crippen LogP contribution in [0.25, 0.3) is 0 Å². The minimum Gasteiger partial charge on any atom is -0.356 e. The first-order valence-electron chi connectivity index (χ1n) is 9.55. The van der Waals surface area contributed by atoms with Gasteiger partial charge in [-0.25, -0.2) is 4.39 Å². The average molecular weight is 363 g/mol. The Morgan fingerprint density at radius 1 is 1.31 bits per heavy atom. The second-order valence-corrected chi connectivity index (χ2v) is 6.96. The van der Waals surface area contributed by atoms with Crippen molar-refractivity contribution in [3.05, 3.63) is 35.6 Å². The molecular formula is C20H30FN3O2. The fraction of sp³-hybridized carbons (Fsp3) is 0.600. The Labute approximate surface area is 155 Å². The number of nitrogens with zero attached hydrogens (tertiary/aromatic N) is 1. The number of unbranched alkanes of at least 4 members (excludes halogenated alkanes) is 1. The van der Waals surface area contributed by atoms with Crippen LogP contribution in [0.3, 0.4) is 0 Å². The third kappa shape index (κ3) is 5.80. The van der Waals surface area contributed by atoms with Crippen molar-refractivity contribution in [2.24, 2.45) is 5.92 Å². The largest absolute Gasteiger partial charge is 0.356 e. The molecule has 2 amide bonds. The SMILES string of the molecule is CCCCNC(=O)C1CCCN(C(C)C(=O)NCc2ccccc2F)C1. The number of rotatable bonds is 8. The molecule has 0 bridgehead atoms. The predicted molar refractivity (Wildman–Crippen MR) is 99.9 cm³/mol. The van der Waals surface area contributed by atoms with Gasteiger partial charge < -0.3 is 10.6 Å². The molecule has 1 aromatic rings. The fourth-order valence-electron chi connectivity index (χ4n) is 3.24. The normalized spacial score (nSPS) is 19.0. The highest BCUT2D eigenvalue weighted by atomic mass is 19.1. The molecule has 1 aromatic carbocycles. The van der Waals surface area contributed by atoms with Crippen LogP contribution in [0.15, 0.2) is 24.3 Å². The van der Waals surface area contributed by atoms with Crippen molar-refractivity contribution >= 4 is 11.8 Å². The summed E-state index contributed by atoms with van der Waals surface area (Å²) in [7, 11) is 0. The highest BCUT2D eigenvalue weighted by Gasteiger charge is 2.30. The Kier molecular flexibility index (Phi) is 8.04. The monoisotopic (exact) mass is 363 g/mol. The molecular weight excluding hydrogens is 333 g/mol. The van der Waals surface area contributed by atoms with Gasteiger partial charge in [-0.15, -0.1) is 0 Å². The van der Waals surface area contributed by atoms with Gasteiger partial charge in [-0.2, -0.15) is 0 Å². The summed E-state index contributed by atoms with van der Waals surface area (Å²) in [5.41, 5.74) is 0.472. The molecule has 26 heavy (non-hydrogen) atoms. The van der Waals surface area contributed by atoms with Crippen LogP contribution in [0.2, 0.25) is 0 Å². The average Bonchev–Trinajstić information content (AvgIpc) is 2.66. The molecule has 0 aliphatic carbocycles. The number of hydrogen-bond acceptors (Lipinski definition) is 3. The number of benzene rings is 1. The summed E-state index contributed by atoms with van der Waals surface area (Å²) in [6.07, 6.45) is 3.79. The lowest BCUT2D eigenvalue weighted by Gasteiger charge is -2.35. The number of carbonyl (C=O) groups is 2. The zero-order chi connectivity index (χ0) is 18.9. The first-order chi connectivity index (χ1) is 12.5. The van der Waals surface area contributed by atoms with Crippen molar-refractivity contribution in [3.63, 3.8) is 0 Å². The molecule has 2 unspecified atom stereocenters. The van der Waals surface area contributed by atoms with Gasteiger partial charge in [0, 0.05) is 25.2 Å². The first-order valence-corrected chi connectivity index (χ1v) is 9.55. The molecule has 2 N–H and O–H groups in total. The lowest BCUT2D eigenvalue weighted by molar-refractivity contribution is -0.131. The Morgan fingerprint density at radius 2 is 2.08 bits per heavy atom. The van der Waals surface area contributed by atoms with Crippen LogP contribution in [-0.4, -0.2) is 42.4 Å². The van der Waals surface area contributed by atoms with E-state index in [4.69, 9.17) is 0 Å². The molecule has 1 fully saturated rings. The summed E-state index contributed by atoms with van der Waals surface area (Å²) in [6.45, 7) is 6.21. The van der Waals surface area contributed by atoms with Crippen molar-refractivity contribution in [2.75, 3.05) is 19.6 Å². The summed E-state index contributed by atoms with van der Waals surface area (Å²) < 4.78 is 13.7. The van der Waals surface area contributed by atoms with Gasteiger partial charge in [-0.3, -0.25) is 14.5 Å². The molecule has 1 saturated heterocycles. The van der Waals surface area contributed by atoms with E-state index in [2.05, 4.69) is 17.6 Å². The highest BCUT2D eigenvalue weighted by Crippen LogP contribution is 2.19. The maximum Gasteiger partial charge on any atom is 0.237 e. The molecule has 0 spiro atoms. The van der Waals surface area contributed by atoms with E-state index >= 15 is 0 Å². The molecule has 2 atom stereocenters. The van der Waals surface area contributed by atoms with Crippen LogP contribution < -0.4 is 10.6 Å². The standard InChI is InChI=1S/C20H30FN3O2/c1-3-4-11-22-20(26)17-9-7-12-24(14-17)15(2)19(25)23-13-16-8-5-6-10-18(16)21/h5-6,8,10,15,17H,3-4,7,9,11-14H2,1-2H3,(H,22,26)(H,23,25). The zero-order valence-corrected chi connectivity index (χ0v) is 15.8. The summed E-state index contributed by atoms with van der Waals surface area (Å²) >= 11 is 0. The van der Waals surface area contributed by atoms with Gasteiger partial charge in [0.25, 0.3) is 0 Å². The van der Waals surface area contributed by atoms with Crippen LogP contribution in [0.1, 0.15) is 45.1 Å². The van der Waals surface area contributed by atoms with E-state index in [-0.39, 0.29) is 36.1 Å². The molecule has 0 radical (unpaired) electrons. The third-order valence-electron chi connectivity index (χ3n) is 4.99. The van der Waals surface area contributed by atoms with Gasteiger partial charge in [0.05, 0.1) is 12.0 Å². The van der Waals surface area contributed by atoms with Gasteiger partial charge >= 0.3 is 0 Å². The maximum atomic E-state index is 13.7. The Bertz CT molecular complexity index is 608. The smallest absolute Gasteiger partial charge is 0.237 e. The first kappa shape index (κ1) is 20.4. The summed E-state index contributed by atoms with van der Waals surface area (Å²) in [5.74, 6) is -0.438. The van der Waals surface area contributed by atoms with Crippen molar-refractivity contribution in [3.8, 4) is 0 Å². The second kappa shape index (κ2) is 10.3. The number of piperidine rings is 1. The van der Waals surface area contributed by atoms with Crippen molar-refractivity contribution in [1.82, 2.24) is 15.5 Å². The van der Waals surface area contributed by atoms with Crippen LogP contribution in [0.4, 0.5) is 4.39 Å². The predicted octanol–water partition coefficient (Wildman–Crippen LogP) is 2.46. The van der Waals surface area contributed by atoms with Crippen LogP contribution in [-0.2, 0) is 16.1 Å². The highest BCUT2D eigenvalue weighted by molar-refractivity contribution is 5.82. The second-order valence-electron chi connectivity index (χ2n) is 6.96. The third-order valence-corrected chi connectivity index (χ3v) is 4.99. The van der Waals surface area contributed by atoms with E-state index in [0.717, 1.165) is 32.2 Å². The number of nitrogens with one attached hydrogen (secondary N) is 2. The molecule has 1 heterocycles. The minimum atomic E-state index is -0.340. The molecule has 1 aliphatic rings. The molecule has 0 aromatic heterocycles. The summed E-state index contributed by atoms with van der Waals surface area (Å²) in [5, 5.41) is 5.79. The molecule has 1 aliphatic heterocycles. The molecule has 5 nitrogen and oxygen atoms in total. The topological polar surface area (TPSA) is 61.4 Å². The van der Waals surface area contributed by atoms with Gasteiger partial charge in [0.2, 0.25) is 11.8 Å². The number of carbonyl (C=O) groups excluding carboxylic acids is 2. The zero-order valence-electron chi connectivity index (χ0n) is 15.8. The lowest BCUT2D eigenvalue weighted by atomic mass is 9.95. The van der Waals surface area contributed by atoms with Gasteiger partial charge in [0.1, 0.15) is 5.82 Å². The number of halogens is 1. The van der Waals surface area contributed by atoms with Gasteiger partial charge in [-0.05, 0) is 38.8 Å².